The molecule has 190 valence electrons. The Labute approximate surface area is 212 Å². The maximum absolute atomic E-state index is 13.8. The number of likely N-dealkylation sites (N-methyl/N-ethyl adjacent to an activating group) is 1. The van der Waals surface area contributed by atoms with Crippen molar-refractivity contribution in [1.29, 1.82) is 0 Å². The SMILES string of the molecule is BC1CN(C)CC(COCP(=O)(N(C)C)N2CCN(C(=O)CCSSc3ccccn3)CC2)O1. The molecule has 0 aromatic carbocycles. The third-order valence-electron chi connectivity index (χ3n) is 5.93. The number of ether oxygens (including phenoxy) is 2. The minimum Gasteiger partial charge on any atom is -0.379 e. The quantitative estimate of drug-likeness (QED) is 0.182. The van der Waals surface area contributed by atoms with E-state index in [9.17, 15) is 9.36 Å². The van der Waals surface area contributed by atoms with Crippen molar-refractivity contribution < 1.29 is 18.8 Å². The van der Waals surface area contributed by atoms with Crippen LogP contribution in [0.3, 0.4) is 0 Å². The first kappa shape index (κ1) is 28.0. The van der Waals surface area contributed by atoms with Gasteiger partial charge in [-0.1, -0.05) is 16.9 Å². The van der Waals surface area contributed by atoms with Gasteiger partial charge in [0.2, 0.25) is 13.4 Å². The van der Waals surface area contributed by atoms with Crippen molar-refractivity contribution in [2.75, 3.05) is 79.1 Å². The maximum atomic E-state index is 13.8. The van der Waals surface area contributed by atoms with Crippen molar-refractivity contribution in [2.45, 2.75) is 23.6 Å². The maximum Gasteiger partial charge on any atom is 0.241 e. The number of piperazine rings is 1. The molecule has 1 aromatic heterocycles. The molecule has 34 heavy (non-hydrogen) atoms. The van der Waals surface area contributed by atoms with Gasteiger partial charge in [0.05, 0.1) is 12.7 Å². The Hall–Kier alpha value is -0.585. The summed E-state index contributed by atoms with van der Waals surface area (Å²) < 4.78 is 29.5. The molecule has 0 radical (unpaired) electrons. The van der Waals surface area contributed by atoms with Gasteiger partial charge in [0.15, 0.2) is 0 Å². The van der Waals surface area contributed by atoms with Crippen LogP contribution in [-0.4, -0.2) is 129 Å². The lowest BCUT2D eigenvalue weighted by Crippen LogP contribution is -2.49. The standard InChI is InChI=1S/C21H37BN5O4PS2/c1-24(2)32(29,17-30-16-18-14-25(3)15-19(22)31-18)27-11-9-26(10-12-27)21(28)7-13-33-34-20-6-4-5-8-23-20/h4-6,8,18-19H,7,9-17,22H2,1-3H3. The van der Waals surface area contributed by atoms with Crippen LogP contribution in [0.1, 0.15) is 6.42 Å². The number of carbonyl (C=O) groups excluding carboxylic acids is 1. The lowest BCUT2D eigenvalue weighted by atomic mass is 9.98. The summed E-state index contributed by atoms with van der Waals surface area (Å²) in [5.41, 5.74) is 0. The molecule has 0 bridgehead atoms. The fraction of sp³-hybridized carbons (Fsp3) is 0.714. The number of pyridine rings is 1. The summed E-state index contributed by atoms with van der Waals surface area (Å²) in [4.78, 5) is 21.0. The zero-order valence-electron chi connectivity index (χ0n) is 20.7. The van der Waals surface area contributed by atoms with Crippen LogP contribution < -0.4 is 0 Å². The highest BCUT2D eigenvalue weighted by atomic mass is 33.1. The Bertz CT molecular complexity index is 810. The molecule has 0 aliphatic carbocycles. The molecule has 3 unspecified atom stereocenters. The van der Waals surface area contributed by atoms with E-state index < -0.39 is 7.44 Å². The first-order valence-corrected chi connectivity index (χ1v) is 15.8. The topological polar surface area (TPSA) is 78.5 Å². The molecular formula is C21H37BN5O4PS2. The molecule has 1 amide bonds. The van der Waals surface area contributed by atoms with E-state index in [1.807, 2.05) is 41.9 Å². The van der Waals surface area contributed by atoms with E-state index in [1.165, 1.54) is 0 Å². The van der Waals surface area contributed by atoms with Crippen LogP contribution in [0.25, 0.3) is 0 Å². The van der Waals surface area contributed by atoms with Crippen LogP contribution in [-0.2, 0) is 18.8 Å². The van der Waals surface area contributed by atoms with Gasteiger partial charge in [0.25, 0.3) is 0 Å². The molecule has 13 heteroatoms. The molecule has 0 N–H and O–H groups in total. The van der Waals surface area contributed by atoms with Gasteiger partial charge in [-0.25, -0.2) is 14.3 Å². The van der Waals surface area contributed by atoms with Gasteiger partial charge < -0.3 is 19.3 Å². The Morgan fingerprint density at radius 1 is 1.29 bits per heavy atom. The van der Waals surface area contributed by atoms with E-state index in [2.05, 4.69) is 24.8 Å². The molecule has 3 rings (SSSR count). The second-order valence-electron chi connectivity index (χ2n) is 8.96. The average molecular weight is 529 g/mol. The molecule has 2 saturated heterocycles. The number of nitrogens with zero attached hydrogens (tertiary/aromatic N) is 5. The molecule has 2 aliphatic rings. The van der Waals surface area contributed by atoms with Crippen LogP contribution in [0.5, 0.6) is 0 Å². The van der Waals surface area contributed by atoms with Gasteiger partial charge in [-0.05, 0) is 44.1 Å². The van der Waals surface area contributed by atoms with Gasteiger partial charge in [0, 0.05) is 63.6 Å². The first-order chi connectivity index (χ1) is 16.3. The zero-order chi connectivity index (χ0) is 24.6. The molecule has 3 heterocycles. The number of amides is 1. The highest BCUT2D eigenvalue weighted by molar-refractivity contribution is 8.76. The molecular weight excluding hydrogens is 492 g/mol. The summed E-state index contributed by atoms with van der Waals surface area (Å²) in [6.45, 7) is 4.50. The Morgan fingerprint density at radius 3 is 2.71 bits per heavy atom. The van der Waals surface area contributed by atoms with Crippen LogP contribution >= 0.6 is 29.0 Å². The third-order valence-corrected chi connectivity index (χ3v) is 11.2. The van der Waals surface area contributed by atoms with Gasteiger partial charge in [0.1, 0.15) is 19.2 Å². The summed E-state index contributed by atoms with van der Waals surface area (Å²) in [5, 5.41) is 0.951. The minimum atomic E-state index is -2.86. The predicted octanol–water partition coefficient (Wildman–Crippen LogP) is 1.37. The first-order valence-electron chi connectivity index (χ1n) is 11.7. The normalized spacial score (nSPS) is 24.3. The Balaban J connectivity index is 1.40. The Kier molecular flexibility index (Phi) is 11.2. The van der Waals surface area contributed by atoms with Crippen molar-refractivity contribution in [3.63, 3.8) is 0 Å². The summed E-state index contributed by atoms with van der Waals surface area (Å²) in [6, 6.07) is 5.99. The van der Waals surface area contributed by atoms with Crippen molar-refractivity contribution in [1.82, 2.24) is 24.1 Å². The smallest absolute Gasteiger partial charge is 0.241 e. The van der Waals surface area contributed by atoms with Crippen LogP contribution in [0, 0.1) is 0 Å². The molecule has 0 spiro atoms. The minimum absolute atomic E-state index is 0.00691. The van der Waals surface area contributed by atoms with Crippen LogP contribution in [0.4, 0.5) is 0 Å². The third kappa shape index (κ3) is 8.23. The van der Waals surface area contributed by atoms with Crippen molar-refractivity contribution >= 4 is 42.8 Å². The molecule has 2 aliphatic heterocycles. The van der Waals surface area contributed by atoms with E-state index >= 15 is 0 Å². The molecule has 1 aromatic rings. The molecule has 9 nitrogen and oxygen atoms in total. The predicted molar refractivity (Wildman–Crippen MR) is 142 cm³/mol. The van der Waals surface area contributed by atoms with Crippen LogP contribution in [0.2, 0.25) is 0 Å². The zero-order valence-corrected chi connectivity index (χ0v) is 23.2. The van der Waals surface area contributed by atoms with E-state index in [4.69, 9.17) is 9.47 Å². The van der Waals surface area contributed by atoms with E-state index in [1.54, 1.807) is 32.5 Å². The fourth-order valence-corrected chi connectivity index (χ4v) is 8.07. The van der Waals surface area contributed by atoms with E-state index in [0.717, 1.165) is 23.9 Å². The highest BCUT2D eigenvalue weighted by Gasteiger charge is 2.37. The number of aromatic nitrogens is 1. The lowest BCUT2D eigenvalue weighted by molar-refractivity contribution is -0.131. The number of carbonyl (C=O) groups is 1. The monoisotopic (exact) mass is 529 g/mol. The van der Waals surface area contributed by atoms with Crippen LogP contribution in [0.15, 0.2) is 29.4 Å². The summed E-state index contributed by atoms with van der Waals surface area (Å²) in [5.74, 6) is 0.888. The number of morpholine rings is 1. The van der Waals surface area contributed by atoms with Gasteiger partial charge >= 0.3 is 0 Å². The highest BCUT2D eigenvalue weighted by Crippen LogP contribution is 2.51. The molecule has 0 saturated carbocycles. The average Bonchev–Trinajstić information content (AvgIpc) is 2.81. The lowest BCUT2D eigenvalue weighted by Gasteiger charge is -2.41. The number of hydrogen-bond donors (Lipinski definition) is 0. The summed E-state index contributed by atoms with van der Waals surface area (Å²) >= 11 is 0. The molecule has 3 atom stereocenters. The number of hydrogen-bond acceptors (Lipinski definition) is 8. The van der Waals surface area contributed by atoms with Gasteiger partial charge in [-0.15, -0.1) is 0 Å². The summed E-state index contributed by atoms with van der Waals surface area (Å²) in [6.07, 6.45) is 2.42. The van der Waals surface area contributed by atoms with E-state index in [-0.39, 0.29) is 24.4 Å². The van der Waals surface area contributed by atoms with E-state index in [0.29, 0.717) is 39.2 Å². The largest absolute Gasteiger partial charge is 0.379 e. The molecule has 2 fully saturated rings. The second-order valence-corrected chi connectivity index (χ2v) is 14.3. The number of rotatable bonds is 11. The van der Waals surface area contributed by atoms with Gasteiger partial charge in [-0.3, -0.25) is 9.36 Å². The van der Waals surface area contributed by atoms with Crippen molar-refractivity contribution in [2.24, 2.45) is 0 Å². The Morgan fingerprint density at radius 2 is 2.06 bits per heavy atom. The second kappa shape index (κ2) is 13.6. The summed E-state index contributed by atoms with van der Waals surface area (Å²) in [7, 11) is 8.19. The van der Waals surface area contributed by atoms with Crippen molar-refractivity contribution in [3.8, 4) is 0 Å². The van der Waals surface area contributed by atoms with Gasteiger partial charge in [-0.2, -0.15) is 0 Å². The van der Waals surface area contributed by atoms with Crippen molar-refractivity contribution in [3.05, 3.63) is 24.4 Å². The fourth-order valence-electron chi connectivity index (χ4n) is 4.16.